The first-order valence-corrected chi connectivity index (χ1v) is 10.4. The molecular formula is C21H23N5OS. The van der Waals surface area contributed by atoms with Gasteiger partial charge >= 0.3 is 0 Å². The SMILES string of the molecule is Cc1ccc(C)c(-n2nnnc2S[C@H](C(=O)N2CCCC2)c2ccccc2)c1. The molecule has 2 aromatic carbocycles. The fourth-order valence-electron chi connectivity index (χ4n) is 3.45. The van der Waals surface area contributed by atoms with Gasteiger partial charge in [-0.15, -0.1) is 5.10 Å². The van der Waals surface area contributed by atoms with Crippen molar-refractivity contribution in [2.45, 2.75) is 37.1 Å². The average Bonchev–Trinajstić information content (AvgIpc) is 3.40. The molecule has 1 amide bonds. The lowest BCUT2D eigenvalue weighted by Crippen LogP contribution is -2.31. The maximum absolute atomic E-state index is 13.3. The van der Waals surface area contributed by atoms with Crippen molar-refractivity contribution in [3.05, 3.63) is 65.2 Å². The van der Waals surface area contributed by atoms with Crippen LogP contribution >= 0.6 is 11.8 Å². The van der Waals surface area contributed by atoms with Crippen molar-refractivity contribution >= 4 is 17.7 Å². The Hall–Kier alpha value is -2.67. The molecule has 0 bridgehead atoms. The predicted octanol–water partition coefficient (Wildman–Crippen LogP) is 3.73. The number of aromatic nitrogens is 4. The molecule has 0 saturated carbocycles. The molecule has 1 saturated heterocycles. The summed E-state index contributed by atoms with van der Waals surface area (Å²) in [6.07, 6.45) is 2.14. The highest BCUT2D eigenvalue weighted by molar-refractivity contribution is 8.00. The lowest BCUT2D eigenvalue weighted by molar-refractivity contribution is -0.129. The van der Waals surface area contributed by atoms with Crippen LogP contribution in [0.15, 0.2) is 53.7 Å². The second-order valence-electron chi connectivity index (χ2n) is 7.10. The Bertz CT molecular complexity index is 966. The third-order valence-corrected chi connectivity index (χ3v) is 6.18. The fourth-order valence-corrected chi connectivity index (χ4v) is 4.52. The van der Waals surface area contributed by atoms with Gasteiger partial charge in [-0.05, 0) is 59.9 Å². The first kappa shape index (κ1) is 18.7. The van der Waals surface area contributed by atoms with Gasteiger partial charge in [0.15, 0.2) is 0 Å². The molecule has 0 aliphatic carbocycles. The van der Waals surface area contributed by atoms with E-state index in [1.807, 2.05) is 49.1 Å². The molecule has 2 heterocycles. The Kier molecular flexibility index (Phi) is 5.43. The Morgan fingerprint density at radius 3 is 2.57 bits per heavy atom. The summed E-state index contributed by atoms with van der Waals surface area (Å²) in [7, 11) is 0. The minimum Gasteiger partial charge on any atom is -0.341 e. The second-order valence-corrected chi connectivity index (χ2v) is 8.18. The van der Waals surface area contributed by atoms with Gasteiger partial charge in [-0.25, -0.2) is 0 Å². The second kappa shape index (κ2) is 8.14. The molecule has 144 valence electrons. The molecule has 28 heavy (non-hydrogen) atoms. The monoisotopic (exact) mass is 393 g/mol. The largest absolute Gasteiger partial charge is 0.341 e. The lowest BCUT2D eigenvalue weighted by atomic mass is 10.1. The standard InChI is InChI=1S/C21H23N5OS/c1-15-10-11-16(2)18(14-15)26-21(22-23-24-26)28-19(17-8-4-3-5-9-17)20(27)25-12-6-7-13-25/h3-5,8-11,14,19H,6-7,12-13H2,1-2H3/t19-/m0/s1. The smallest absolute Gasteiger partial charge is 0.240 e. The molecule has 1 aliphatic rings. The van der Waals surface area contributed by atoms with E-state index in [4.69, 9.17) is 0 Å². The summed E-state index contributed by atoms with van der Waals surface area (Å²) in [6, 6.07) is 16.1. The maximum Gasteiger partial charge on any atom is 0.240 e. The van der Waals surface area contributed by atoms with E-state index < -0.39 is 0 Å². The normalized spacial score (nSPS) is 15.0. The molecule has 1 fully saturated rings. The number of carbonyl (C=O) groups is 1. The van der Waals surface area contributed by atoms with Gasteiger partial charge in [0, 0.05) is 13.1 Å². The van der Waals surface area contributed by atoms with Crippen molar-refractivity contribution in [1.29, 1.82) is 0 Å². The Labute approximate surface area is 168 Å². The molecule has 1 aliphatic heterocycles. The summed E-state index contributed by atoms with van der Waals surface area (Å²) in [5.41, 5.74) is 4.13. The topological polar surface area (TPSA) is 63.9 Å². The summed E-state index contributed by atoms with van der Waals surface area (Å²) in [6.45, 7) is 5.73. The van der Waals surface area contributed by atoms with Crippen molar-refractivity contribution in [2.24, 2.45) is 0 Å². The van der Waals surface area contributed by atoms with E-state index in [0.29, 0.717) is 5.16 Å². The fraction of sp³-hybridized carbons (Fsp3) is 0.333. The first-order valence-electron chi connectivity index (χ1n) is 9.50. The van der Waals surface area contributed by atoms with Crippen LogP contribution in [-0.4, -0.2) is 44.1 Å². The Morgan fingerprint density at radius 1 is 1.07 bits per heavy atom. The van der Waals surface area contributed by atoms with Crippen molar-refractivity contribution in [2.75, 3.05) is 13.1 Å². The number of aryl methyl sites for hydroxylation is 2. The molecule has 0 N–H and O–H groups in total. The number of likely N-dealkylation sites (tertiary alicyclic amines) is 1. The zero-order valence-electron chi connectivity index (χ0n) is 16.1. The number of benzene rings is 2. The van der Waals surface area contributed by atoms with Crippen LogP contribution in [-0.2, 0) is 4.79 Å². The first-order chi connectivity index (χ1) is 13.6. The molecule has 1 aromatic heterocycles. The molecule has 0 spiro atoms. The van der Waals surface area contributed by atoms with Gasteiger partial charge in [-0.3, -0.25) is 4.79 Å². The van der Waals surface area contributed by atoms with Crippen LogP contribution in [0.4, 0.5) is 0 Å². The minimum atomic E-state index is -0.367. The highest BCUT2D eigenvalue weighted by Crippen LogP contribution is 2.37. The zero-order valence-corrected chi connectivity index (χ0v) is 16.9. The zero-order chi connectivity index (χ0) is 19.5. The van der Waals surface area contributed by atoms with Crippen LogP contribution in [0, 0.1) is 13.8 Å². The number of hydrogen-bond donors (Lipinski definition) is 0. The van der Waals surface area contributed by atoms with E-state index in [9.17, 15) is 4.79 Å². The summed E-state index contributed by atoms with van der Waals surface area (Å²) in [4.78, 5) is 15.2. The minimum absolute atomic E-state index is 0.129. The molecule has 1 atom stereocenters. The van der Waals surface area contributed by atoms with Crippen molar-refractivity contribution in [3.8, 4) is 5.69 Å². The highest BCUT2D eigenvalue weighted by Gasteiger charge is 2.30. The van der Waals surface area contributed by atoms with Crippen LogP contribution in [0.25, 0.3) is 5.69 Å². The molecule has 3 aromatic rings. The van der Waals surface area contributed by atoms with Gasteiger partial charge in [0.1, 0.15) is 5.25 Å². The molecular weight excluding hydrogens is 370 g/mol. The Balaban J connectivity index is 1.69. The van der Waals surface area contributed by atoms with E-state index in [0.717, 1.165) is 48.3 Å². The Morgan fingerprint density at radius 2 is 1.82 bits per heavy atom. The highest BCUT2D eigenvalue weighted by atomic mass is 32.2. The van der Waals surface area contributed by atoms with Gasteiger partial charge in [0.2, 0.25) is 11.1 Å². The number of thioether (sulfide) groups is 1. The van der Waals surface area contributed by atoms with Gasteiger partial charge in [-0.2, -0.15) is 4.68 Å². The third-order valence-electron chi connectivity index (χ3n) is 5.00. The van der Waals surface area contributed by atoms with E-state index in [2.05, 4.69) is 33.7 Å². The van der Waals surface area contributed by atoms with E-state index in [1.54, 1.807) is 4.68 Å². The van der Waals surface area contributed by atoms with Crippen LogP contribution in [0.1, 0.15) is 34.8 Å². The molecule has 6 nitrogen and oxygen atoms in total. The van der Waals surface area contributed by atoms with Gasteiger partial charge in [-0.1, -0.05) is 54.2 Å². The summed E-state index contributed by atoms with van der Waals surface area (Å²) in [5.74, 6) is 0.129. The molecule has 4 rings (SSSR count). The van der Waals surface area contributed by atoms with Gasteiger partial charge in [0.25, 0.3) is 0 Å². The summed E-state index contributed by atoms with van der Waals surface area (Å²) in [5, 5.41) is 12.6. The molecule has 0 radical (unpaired) electrons. The van der Waals surface area contributed by atoms with Crippen molar-refractivity contribution < 1.29 is 4.79 Å². The number of tetrazole rings is 1. The summed E-state index contributed by atoms with van der Waals surface area (Å²) < 4.78 is 1.74. The quantitative estimate of drug-likeness (QED) is 0.618. The number of amides is 1. The number of carbonyl (C=O) groups excluding carboxylic acids is 1. The number of hydrogen-bond acceptors (Lipinski definition) is 5. The van der Waals surface area contributed by atoms with Crippen LogP contribution < -0.4 is 0 Å². The summed E-state index contributed by atoms with van der Waals surface area (Å²) >= 11 is 1.42. The number of rotatable bonds is 5. The van der Waals surface area contributed by atoms with Crippen LogP contribution in [0.2, 0.25) is 0 Å². The van der Waals surface area contributed by atoms with Crippen LogP contribution in [0.3, 0.4) is 0 Å². The van der Waals surface area contributed by atoms with Crippen molar-refractivity contribution in [3.63, 3.8) is 0 Å². The predicted molar refractivity (Wildman–Crippen MR) is 109 cm³/mol. The molecule has 0 unspecified atom stereocenters. The van der Waals surface area contributed by atoms with Gasteiger partial charge in [0.05, 0.1) is 5.69 Å². The average molecular weight is 394 g/mol. The van der Waals surface area contributed by atoms with E-state index in [1.165, 1.54) is 11.8 Å². The number of nitrogens with zero attached hydrogens (tertiary/aromatic N) is 5. The van der Waals surface area contributed by atoms with E-state index >= 15 is 0 Å². The van der Waals surface area contributed by atoms with Crippen LogP contribution in [0.5, 0.6) is 0 Å². The van der Waals surface area contributed by atoms with E-state index in [-0.39, 0.29) is 11.2 Å². The van der Waals surface area contributed by atoms with Crippen molar-refractivity contribution in [1.82, 2.24) is 25.1 Å². The maximum atomic E-state index is 13.3. The lowest BCUT2D eigenvalue weighted by Gasteiger charge is -2.22. The molecule has 7 heteroatoms. The van der Waals surface area contributed by atoms with Gasteiger partial charge < -0.3 is 4.90 Å². The third kappa shape index (κ3) is 3.80.